The minimum absolute atomic E-state index is 0.305. The number of ether oxygens (including phenoxy) is 1. The second kappa shape index (κ2) is 19.6. The Balaban J connectivity index is 0.998. The van der Waals surface area contributed by atoms with Crippen molar-refractivity contribution < 1.29 is 38.6 Å². The quantitative estimate of drug-likeness (QED) is 0.0700. The number of hydrogen-bond acceptors (Lipinski definition) is 8. The first-order chi connectivity index (χ1) is 32.2. The zero-order valence-electron chi connectivity index (χ0n) is 37.3. The lowest BCUT2D eigenvalue weighted by atomic mass is 9.98. The number of benzene rings is 4. The van der Waals surface area contributed by atoms with E-state index in [0.717, 1.165) is 33.3 Å². The monoisotopic (exact) mass is 904 g/mol. The Hall–Kier alpha value is -8.01. The molecule has 0 unspecified atom stereocenters. The van der Waals surface area contributed by atoms with Gasteiger partial charge in [-0.25, -0.2) is 9.59 Å². The van der Waals surface area contributed by atoms with Gasteiger partial charge in [0.1, 0.15) is 29.8 Å². The molecule has 16 heteroatoms. The molecule has 6 aromatic rings. The molecule has 0 radical (unpaired) electrons. The summed E-state index contributed by atoms with van der Waals surface area (Å²) in [6, 6.07) is 30.3. The molecular weight excluding hydrogens is 853 g/mol. The average Bonchev–Trinajstić information content (AvgIpc) is 4.10. The predicted octanol–water partition coefficient (Wildman–Crippen LogP) is 8.03. The molecule has 4 heterocycles. The lowest BCUT2D eigenvalue weighted by Gasteiger charge is -2.29. The molecule has 2 aliphatic heterocycles. The predicted molar refractivity (Wildman–Crippen MR) is 253 cm³/mol. The number of aromatic amines is 1. The third kappa shape index (κ3) is 10.4. The van der Waals surface area contributed by atoms with Gasteiger partial charge in [-0.05, 0) is 111 Å². The first-order valence-corrected chi connectivity index (χ1v) is 22.2. The van der Waals surface area contributed by atoms with Crippen LogP contribution in [0.3, 0.4) is 0 Å². The number of nitrogens with one attached hydrogen (secondary N) is 5. The van der Waals surface area contributed by atoms with Crippen LogP contribution in [-0.4, -0.2) is 91.5 Å². The normalized spacial score (nSPS) is 16.8. The van der Waals surface area contributed by atoms with E-state index in [1.165, 1.54) is 9.80 Å². The highest BCUT2D eigenvalue weighted by molar-refractivity contribution is 6.07. The van der Waals surface area contributed by atoms with Gasteiger partial charge in [0.25, 0.3) is 11.8 Å². The van der Waals surface area contributed by atoms with Crippen LogP contribution in [0.1, 0.15) is 69.7 Å². The fraction of sp³-hybridized carbons (Fsp3) is 0.275. The number of anilines is 2. The molecule has 2 saturated heterocycles. The Labute approximate surface area is 387 Å². The summed E-state index contributed by atoms with van der Waals surface area (Å²) < 4.78 is 5.47. The summed E-state index contributed by atoms with van der Waals surface area (Å²) in [4.78, 5) is 91.0. The van der Waals surface area contributed by atoms with Gasteiger partial charge in [-0.1, -0.05) is 72.8 Å². The van der Waals surface area contributed by atoms with E-state index >= 15 is 0 Å². The largest absolute Gasteiger partial charge is 0.465 e. The topological polar surface area (TPSA) is 215 Å². The summed E-state index contributed by atoms with van der Waals surface area (Å²) in [7, 11) is 0. The number of likely N-dealkylation sites (tertiary alicyclic amines) is 2. The van der Waals surface area contributed by atoms with Crippen molar-refractivity contribution in [3.63, 3.8) is 0 Å². The number of carbonyl (C=O) groups excluding carboxylic acids is 5. The number of pyridine rings is 1. The van der Waals surface area contributed by atoms with Gasteiger partial charge in [-0.2, -0.15) is 0 Å². The number of fused-ring (bicyclic) bond motifs is 1. The molecule has 0 saturated carbocycles. The highest BCUT2D eigenvalue weighted by atomic mass is 16.6. The van der Waals surface area contributed by atoms with Gasteiger partial charge in [0, 0.05) is 53.3 Å². The molecule has 0 spiro atoms. The van der Waals surface area contributed by atoms with E-state index in [4.69, 9.17) is 4.74 Å². The molecule has 2 aliphatic rings. The van der Waals surface area contributed by atoms with Gasteiger partial charge in [-0.3, -0.25) is 24.2 Å². The first kappa shape index (κ1) is 45.6. The van der Waals surface area contributed by atoms with Crippen molar-refractivity contribution in [3.8, 4) is 22.4 Å². The van der Waals surface area contributed by atoms with Crippen LogP contribution in [0.2, 0.25) is 0 Å². The highest BCUT2D eigenvalue weighted by Crippen LogP contribution is 2.40. The van der Waals surface area contributed by atoms with Crippen LogP contribution in [0.15, 0.2) is 128 Å². The van der Waals surface area contributed by atoms with Crippen LogP contribution in [-0.2, 0) is 23.9 Å². The standard InChI is InChI=1S/C51H52N8O8/c1-51(2,3)67-50(66)57-44(33-14-8-5-9-15-33)48(63)59-29-10-16-39(59)45(60)53-35-20-18-34(19-21-35)42-41(31-24-26-52-27-25-31)37-30-36(22-23-38(37)55-42)54-46(61)40-17-11-28-58(40)47(62)43(56-49(64)65)32-12-6-4-7-13-32/h4-9,12-15,18-27,30,39-40,43-44,55-56H,10-11,16-17,28-29H2,1-3H3,(H,53,60)(H,54,61)(H,57,66)(H,64,65)/t39-,40-,43+,44+/m0/s1. The molecule has 2 fully saturated rings. The second-order valence-electron chi connectivity index (χ2n) is 17.6. The highest BCUT2D eigenvalue weighted by Gasteiger charge is 2.40. The number of nitrogens with zero attached hydrogens (tertiary/aromatic N) is 3. The smallest absolute Gasteiger partial charge is 0.408 e. The Bertz CT molecular complexity index is 2780. The van der Waals surface area contributed by atoms with Crippen molar-refractivity contribution >= 4 is 58.1 Å². The summed E-state index contributed by atoms with van der Waals surface area (Å²) in [5.41, 5.74) is 5.41. The lowest BCUT2D eigenvalue weighted by Crippen LogP contribution is -2.49. The van der Waals surface area contributed by atoms with Crippen molar-refractivity contribution in [2.45, 2.75) is 76.2 Å². The number of hydrogen-bond donors (Lipinski definition) is 6. The van der Waals surface area contributed by atoms with E-state index in [1.54, 1.807) is 106 Å². The Morgan fingerprint density at radius 3 is 1.73 bits per heavy atom. The SMILES string of the molecule is CC(C)(C)OC(=O)N[C@@H](C(=O)N1CCC[C@H]1C(=O)Nc1ccc(-c2[nH]c3ccc(NC(=O)[C@@H]4CCCN4C(=O)[C@H](NC(=O)O)c4ccccc4)cc3c2-c2ccncc2)cc1)c1ccccc1. The molecule has 344 valence electrons. The van der Waals surface area contributed by atoms with Crippen LogP contribution >= 0.6 is 0 Å². The molecule has 16 nitrogen and oxygen atoms in total. The molecule has 6 N–H and O–H groups in total. The van der Waals surface area contributed by atoms with Crippen LogP contribution in [0.25, 0.3) is 33.3 Å². The van der Waals surface area contributed by atoms with E-state index in [0.29, 0.717) is 61.3 Å². The Morgan fingerprint density at radius 2 is 1.19 bits per heavy atom. The minimum Gasteiger partial charge on any atom is -0.465 e. The van der Waals surface area contributed by atoms with Crippen molar-refractivity contribution in [2.75, 3.05) is 23.7 Å². The summed E-state index contributed by atoms with van der Waals surface area (Å²) in [5.74, 6) is -1.64. The van der Waals surface area contributed by atoms with Crippen molar-refractivity contribution in [2.24, 2.45) is 0 Å². The summed E-state index contributed by atoms with van der Waals surface area (Å²) in [6.45, 7) is 5.88. The van der Waals surface area contributed by atoms with Gasteiger partial charge in [0.15, 0.2) is 0 Å². The molecular formula is C51H52N8O8. The maximum Gasteiger partial charge on any atom is 0.408 e. The van der Waals surface area contributed by atoms with Gasteiger partial charge in [-0.15, -0.1) is 0 Å². The van der Waals surface area contributed by atoms with Crippen LogP contribution in [0.4, 0.5) is 21.0 Å². The number of alkyl carbamates (subject to hydrolysis) is 1. The molecule has 6 amide bonds. The zero-order chi connectivity index (χ0) is 47.2. The number of amides is 6. The maximum atomic E-state index is 14.1. The molecule has 0 aliphatic carbocycles. The van der Waals surface area contributed by atoms with E-state index in [2.05, 4.69) is 31.2 Å². The number of H-pyrrole nitrogens is 1. The van der Waals surface area contributed by atoms with Crippen LogP contribution in [0.5, 0.6) is 0 Å². The minimum atomic E-state index is -1.35. The van der Waals surface area contributed by atoms with E-state index in [9.17, 15) is 33.9 Å². The third-order valence-electron chi connectivity index (χ3n) is 11.8. The lowest BCUT2D eigenvalue weighted by molar-refractivity contribution is -0.138. The van der Waals surface area contributed by atoms with Gasteiger partial charge in [0.2, 0.25) is 11.8 Å². The van der Waals surface area contributed by atoms with Gasteiger partial charge >= 0.3 is 12.2 Å². The average molecular weight is 905 g/mol. The van der Waals surface area contributed by atoms with Crippen molar-refractivity contribution in [1.82, 2.24) is 30.4 Å². The van der Waals surface area contributed by atoms with Crippen LogP contribution in [0, 0.1) is 0 Å². The Kier molecular flexibility index (Phi) is 13.3. The van der Waals surface area contributed by atoms with E-state index in [1.807, 2.05) is 42.5 Å². The Morgan fingerprint density at radius 1 is 0.672 bits per heavy atom. The summed E-state index contributed by atoms with van der Waals surface area (Å²) >= 11 is 0. The molecule has 67 heavy (non-hydrogen) atoms. The number of carboxylic acid groups (broad SMARTS) is 1. The summed E-state index contributed by atoms with van der Waals surface area (Å²) in [6.07, 6.45) is 3.37. The van der Waals surface area contributed by atoms with Crippen molar-refractivity contribution in [1.29, 1.82) is 0 Å². The molecule has 8 rings (SSSR count). The molecule has 4 aromatic carbocycles. The molecule has 4 atom stereocenters. The first-order valence-electron chi connectivity index (χ1n) is 22.2. The van der Waals surface area contributed by atoms with E-state index in [-0.39, 0.29) is 11.8 Å². The summed E-state index contributed by atoms with van der Waals surface area (Å²) in [5, 5.41) is 21.4. The van der Waals surface area contributed by atoms with Gasteiger partial charge in [0.05, 0.1) is 5.69 Å². The fourth-order valence-electron chi connectivity index (χ4n) is 8.83. The maximum absolute atomic E-state index is 14.1. The second-order valence-corrected chi connectivity index (χ2v) is 17.6. The molecule has 2 aromatic heterocycles. The third-order valence-corrected chi connectivity index (χ3v) is 11.8. The fourth-order valence-corrected chi connectivity index (χ4v) is 8.83. The zero-order valence-corrected chi connectivity index (χ0v) is 37.3. The van der Waals surface area contributed by atoms with Crippen molar-refractivity contribution in [3.05, 3.63) is 139 Å². The number of aromatic nitrogens is 2. The number of rotatable bonds is 12. The van der Waals surface area contributed by atoms with E-state index < -0.39 is 53.8 Å². The van der Waals surface area contributed by atoms with Gasteiger partial charge < -0.3 is 45.9 Å². The van der Waals surface area contributed by atoms with Crippen LogP contribution < -0.4 is 21.3 Å². The number of carbonyl (C=O) groups is 6. The molecule has 0 bridgehead atoms.